The molecule has 3 N–H and O–H groups in total. The molecule has 2 rings (SSSR count). The van der Waals surface area contributed by atoms with Crippen LogP contribution in [0, 0.1) is 0 Å². The monoisotopic (exact) mass is 179 g/mol. The molecule has 0 saturated carbocycles. The van der Waals surface area contributed by atoms with Crippen molar-refractivity contribution in [3.8, 4) is 5.75 Å². The van der Waals surface area contributed by atoms with Gasteiger partial charge in [-0.25, -0.2) is 4.79 Å². The second kappa shape index (κ2) is 2.65. The van der Waals surface area contributed by atoms with Gasteiger partial charge < -0.3 is 15.6 Å². The van der Waals surface area contributed by atoms with E-state index in [9.17, 15) is 9.90 Å². The number of nitrogens with two attached hydrogens (primary N) is 1. The Morgan fingerprint density at radius 2 is 2.23 bits per heavy atom. The third kappa shape index (κ3) is 1.20. The minimum atomic E-state index is -0.392. The summed E-state index contributed by atoms with van der Waals surface area (Å²) in [7, 11) is 0. The highest BCUT2D eigenvalue weighted by Crippen LogP contribution is 2.27. The van der Waals surface area contributed by atoms with Gasteiger partial charge in [-0.05, 0) is 17.7 Å². The van der Waals surface area contributed by atoms with Crippen LogP contribution in [-0.2, 0) is 11.2 Å². The Bertz CT molecular complexity index is 373. The average molecular weight is 179 g/mol. The van der Waals surface area contributed by atoms with Gasteiger partial charge in [-0.3, -0.25) is 0 Å². The first-order valence-electron chi connectivity index (χ1n) is 3.97. The van der Waals surface area contributed by atoms with Crippen LogP contribution in [0.5, 0.6) is 5.75 Å². The summed E-state index contributed by atoms with van der Waals surface area (Å²) in [4.78, 5) is 11.2. The van der Waals surface area contributed by atoms with Crippen molar-refractivity contribution < 1.29 is 14.6 Å². The van der Waals surface area contributed by atoms with Crippen LogP contribution in [0.3, 0.4) is 0 Å². The topological polar surface area (TPSA) is 72.5 Å². The number of ether oxygens (including phenoxy) is 1. The zero-order chi connectivity index (χ0) is 9.42. The first kappa shape index (κ1) is 7.91. The van der Waals surface area contributed by atoms with Crippen LogP contribution in [0.1, 0.15) is 15.9 Å². The summed E-state index contributed by atoms with van der Waals surface area (Å²) in [5.41, 5.74) is 7.04. The van der Waals surface area contributed by atoms with Gasteiger partial charge in [-0.2, -0.15) is 0 Å². The van der Waals surface area contributed by atoms with Gasteiger partial charge in [-0.15, -0.1) is 0 Å². The van der Waals surface area contributed by atoms with Gasteiger partial charge >= 0.3 is 5.97 Å². The number of carbonyl (C=O) groups excluding carboxylic acids is 1. The summed E-state index contributed by atoms with van der Waals surface area (Å²) in [5, 5.41) is 9.26. The molecular weight excluding hydrogens is 170 g/mol. The van der Waals surface area contributed by atoms with Gasteiger partial charge in [-0.1, -0.05) is 0 Å². The number of benzene rings is 1. The van der Waals surface area contributed by atoms with E-state index in [2.05, 4.69) is 0 Å². The molecule has 1 heterocycles. The molecule has 0 fully saturated rings. The maximum Gasteiger partial charge on any atom is 0.338 e. The summed E-state index contributed by atoms with van der Waals surface area (Å²) >= 11 is 0. The van der Waals surface area contributed by atoms with E-state index in [0.29, 0.717) is 24.3 Å². The molecule has 4 heteroatoms. The number of phenolic OH excluding ortho intramolecular Hbond substituents is 1. The van der Waals surface area contributed by atoms with Crippen LogP contribution in [0.4, 0.5) is 5.69 Å². The van der Waals surface area contributed by atoms with E-state index in [1.807, 2.05) is 0 Å². The first-order chi connectivity index (χ1) is 6.18. The fourth-order valence-corrected chi connectivity index (χ4v) is 1.38. The number of rotatable bonds is 0. The third-order valence-electron chi connectivity index (χ3n) is 2.08. The molecule has 0 bridgehead atoms. The summed E-state index contributed by atoms with van der Waals surface area (Å²) in [6.45, 7) is 0.385. The number of fused-ring (bicyclic) bond motifs is 1. The van der Waals surface area contributed by atoms with Crippen molar-refractivity contribution in [2.24, 2.45) is 0 Å². The maximum absolute atomic E-state index is 11.2. The normalized spacial score (nSPS) is 14.9. The van der Waals surface area contributed by atoms with E-state index in [4.69, 9.17) is 10.5 Å². The second-order valence-corrected chi connectivity index (χ2v) is 2.95. The standard InChI is InChI=1S/C9H9NO3/c10-7-3-5-1-2-13-9(12)6(5)4-8(7)11/h3-4,11H,1-2,10H2. The highest BCUT2D eigenvalue weighted by Gasteiger charge is 2.19. The molecule has 1 aromatic carbocycles. The average Bonchev–Trinajstić information content (AvgIpc) is 2.09. The quantitative estimate of drug-likeness (QED) is 0.349. The summed E-state index contributed by atoms with van der Waals surface area (Å²) in [5.74, 6) is -0.464. The largest absolute Gasteiger partial charge is 0.506 e. The van der Waals surface area contributed by atoms with Crippen molar-refractivity contribution in [2.75, 3.05) is 12.3 Å². The van der Waals surface area contributed by atoms with E-state index in [1.54, 1.807) is 6.07 Å². The molecule has 4 nitrogen and oxygen atoms in total. The molecule has 0 spiro atoms. The van der Waals surface area contributed by atoms with E-state index < -0.39 is 5.97 Å². The van der Waals surface area contributed by atoms with Crippen LogP contribution in [-0.4, -0.2) is 17.7 Å². The molecule has 0 radical (unpaired) electrons. The number of anilines is 1. The molecule has 0 saturated heterocycles. The van der Waals surface area contributed by atoms with Crippen LogP contribution in [0.25, 0.3) is 0 Å². The van der Waals surface area contributed by atoms with Gasteiger partial charge in [0.2, 0.25) is 0 Å². The molecule has 1 aliphatic heterocycles. The summed E-state index contributed by atoms with van der Waals surface area (Å²) in [6.07, 6.45) is 0.658. The molecule has 68 valence electrons. The Balaban J connectivity index is 2.58. The lowest BCUT2D eigenvalue weighted by molar-refractivity contribution is 0.0480. The molecular formula is C9H9NO3. The lowest BCUT2D eigenvalue weighted by Crippen LogP contribution is -2.17. The lowest BCUT2D eigenvalue weighted by atomic mass is 10.0. The Hall–Kier alpha value is -1.71. The number of hydrogen-bond donors (Lipinski definition) is 2. The molecule has 1 aliphatic rings. The number of nitrogen functional groups attached to an aromatic ring is 1. The van der Waals surface area contributed by atoms with Gasteiger partial charge in [0, 0.05) is 6.42 Å². The highest BCUT2D eigenvalue weighted by molar-refractivity contribution is 5.93. The Morgan fingerprint density at radius 1 is 1.46 bits per heavy atom. The third-order valence-corrected chi connectivity index (χ3v) is 2.08. The van der Waals surface area contributed by atoms with E-state index in [-0.39, 0.29) is 5.75 Å². The smallest absolute Gasteiger partial charge is 0.338 e. The number of phenols is 1. The van der Waals surface area contributed by atoms with Crippen LogP contribution < -0.4 is 5.73 Å². The molecule has 0 aromatic heterocycles. The first-order valence-corrected chi connectivity index (χ1v) is 3.97. The van der Waals surface area contributed by atoms with E-state index in [1.165, 1.54) is 6.07 Å². The summed E-state index contributed by atoms with van der Waals surface area (Å²) < 4.78 is 4.81. The van der Waals surface area contributed by atoms with Crippen molar-refractivity contribution in [1.29, 1.82) is 0 Å². The van der Waals surface area contributed by atoms with Crippen LogP contribution in [0.2, 0.25) is 0 Å². The predicted molar refractivity (Wildman–Crippen MR) is 46.5 cm³/mol. The molecule has 0 amide bonds. The summed E-state index contributed by atoms with van der Waals surface area (Å²) in [6, 6.07) is 2.97. The minimum Gasteiger partial charge on any atom is -0.506 e. The van der Waals surface area contributed by atoms with Crippen molar-refractivity contribution in [1.82, 2.24) is 0 Å². The molecule has 1 aromatic rings. The zero-order valence-corrected chi connectivity index (χ0v) is 6.91. The van der Waals surface area contributed by atoms with Gasteiger partial charge in [0.15, 0.2) is 0 Å². The minimum absolute atomic E-state index is 0.0717. The highest BCUT2D eigenvalue weighted by atomic mass is 16.5. The number of carbonyl (C=O) groups is 1. The second-order valence-electron chi connectivity index (χ2n) is 2.95. The number of aromatic hydroxyl groups is 1. The molecule has 13 heavy (non-hydrogen) atoms. The fraction of sp³-hybridized carbons (Fsp3) is 0.222. The van der Waals surface area contributed by atoms with Crippen molar-refractivity contribution >= 4 is 11.7 Å². The Labute approximate surface area is 74.9 Å². The predicted octanol–water partition coefficient (Wildman–Crippen LogP) is 0.687. The van der Waals surface area contributed by atoms with Crippen LogP contribution in [0.15, 0.2) is 12.1 Å². The molecule has 0 unspecified atom stereocenters. The molecule has 0 atom stereocenters. The maximum atomic E-state index is 11.2. The van der Waals surface area contributed by atoms with Gasteiger partial charge in [0.25, 0.3) is 0 Å². The Morgan fingerprint density at radius 3 is 3.00 bits per heavy atom. The van der Waals surface area contributed by atoms with E-state index in [0.717, 1.165) is 5.56 Å². The SMILES string of the molecule is Nc1cc2c(cc1O)C(=O)OCC2. The Kier molecular flexibility index (Phi) is 1.62. The number of hydrogen-bond acceptors (Lipinski definition) is 4. The fourth-order valence-electron chi connectivity index (χ4n) is 1.38. The molecule has 0 aliphatic carbocycles. The van der Waals surface area contributed by atoms with Crippen LogP contribution >= 0.6 is 0 Å². The van der Waals surface area contributed by atoms with Crippen molar-refractivity contribution in [2.45, 2.75) is 6.42 Å². The van der Waals surface area contributed by atoms with E-state index >= 15 is 0 Å². The number of cyclic esters (lactones) is 1. The number of esters is 1. The van der Waals surface area contributed by atoms with Gasteiger partial charge in [0.05, 0.1) is 17.9 Å². The lowest BCUT2D eigenvalue weighted by Gasteiger charge is -2.16. The van der Waals surface area contributed by atoms with Gasteiger partial charge in [0.1, 0.15) is 5.75 Å². The van der Waals surface area contributed by atoms with Crippen molar-refractivity contribution in [3.63, 3.8) is 0 Å². The zero-order valence-electron chi connectivity index (χ0n) is 6.91. The van der Waals surface area contributed by atoms with Crippen molar-refractivity contribution in [3.05, 3.63) is 23.3 Å².